The Kier molecular flexibility index (Phi) is 3.85. The minimum Gasteiger partial charge on any atom is -0.352 e. The molecule has 1 aromatic carbocycles. The third-order valence-electron chi connectivity index (χ3n) is 3.44. The monoisotopic (exact) mass is 261 g/mol. The maximum atomic E-state index is 12.2. The van der Waals surface area contributed by atoms with Crippen LogP contribution in [0.4, 0.5) is 0 Å². The molecule has 1 aliphatic heterocycles. The van der Waals surface area contributed by atoms with Crippen molar-refractivity contribution in [3.63, 3.8) is 0 Å². The summed E-state index contributed by atoms with van der Waals surface area (Å²) in [5.74, 6) is -0.197. The van der Waals surface area contributed by atoms with Crippen LogP contribution >= 0.6 is 0 Å². The Bertz CT molecular complexity index is 471. The van der Waals surface area contributed by atoms with Gasteiger partial charge in [-0.2, -0.15) is 0 Å². The molecule has 1 aromatic rings. The van der Waals surface area contributed by atoms with Crippen molar-refractivity contribution in [2.75, 3.05) is 6.54 Å². The number of nitrogens with one attached hydrogen (secondary N) is 2. The molecule has 19 heavy (non-hydrogen) atoms. The SMILES string of the molecule is CC(N)(C(=O)NCC1CCC(=O)N1)c1ccccc1. The van der Waals surface area contributed by atoms with Crippen molar-refractivity contribution < 1.29 is 9.59 Å². The van der Waals surface area contributed by atoms with Crippen molar-refractivity contribution in [1.82, 2.24) is 10.6 Å². The molecule has 1 aliphatic rings. The first-order valence-electron chi connectivity index (χ1n) is 6.42. The van der Waals surface area contributed by atoms with Crippen molar-refractivity contribution in [2.45, 2.75) is 31.3 Å². The molecule has 102 valence electrons. The van der Waals surface area contributed by atoms with Crippen LogP contribution in [0.25, 0.3) is 0 Å². The van der Waals surface area contributed by atoms with Crippen LogP contribution in [-0.4, -0.2) is 24.4 Å². The van der Waals surface area contributed by atoms with Crippen LogP contribution in [0.3, 0.4) is 0 Å². The van der Waals surface area contributed by atoms with Gasteiger partial charge >= 0.3 is 0 Å². The van der Waals surface area contributed by atoms with Crippen LogP contribution in [0, 0.1) is 0 Å². The van der Waals surface area contributed by atoms with Gasteiger partial charge in [-0.1, -0.05) is 30.3 Å². The van der Waals surface area contributed by atoms with Gasteiger partial charge in [0.15, 0.2) is 0 Å². The van der Waals surface area contributed by atoms with Crippen molar-refractivity contribution in [3.8, 4) is 0 Å². The fourth-order valence-electron chi connectivity index (χ4n) is 2.15. The van der Waals surface area contributed by atoms with E-state index in [1.165, 1.54) is 0 Å². The van der Waals surface area contributed by atoms with Gasteiger partial charge in [0, 0.05) is 19.0 Å². The third kappa shape index (κ3) is 3.12. The highest BCUT2D eigenvalue weighted by Gasteiger charge is 2.31. The molecule has 1 heterocycles. The summed E-state index contributed by atoms with van der Waals surface area (Å²) in [6, 6.07) is 9.26. The Morgan fingerprint density at radius 1 is 1.47 bits per heavy atom. The molecule has 1 fully saturated rings. The Labute approximate surface area is 112 Å². The first kappa shape index (κ1) is 13.5. The van der Waals surface area contributed by atoms with Crippen LogP contribution in [0.2, 0.25) is 0 Å². The molecule has 0 spiro atoms. The van der Waals surface area contributed by atoms with Crippen molar-refractivity contribution in [2.24, 2.45) is 5.73 Å². The molecule has 4 N–H and O–H groups in total. The van der Waals surface area contributed by atoms with Crippen molar-refractivity contribution in [3.05, 3.63) is 35.9 Å². The number of rotatable bonds is 4. The smallest absolute Gasteiger partial charge is 0.244 e. The molecule has 5 heteroatoms. The quantitative estimate of drug-likeness (QED) is 0.726. The molecule has 0 radical (unpaired) electrons. The fourth-order valence-corrected chi connectivity index (χ4v) is 2.15. The second-order valence-electron chi connectivity index (χ2n) is 5.08. The maximum Gasteiger partial charge on any atom is 0.244 e. The van der Waals surface area contributed by atoms with Crippen LogP contribution < -0.4 is 16.4 Å². The molecule has 2 amide bonds. The van der Waals surface area contributed by atoms with E-state index in [9.17, 15) is 9.59 Å². The van der Waals surface area contributed by atoms with Gasteiger partial charge in [0.05, 0.1) is 0 Å². The second kappa shape index (κ2) is 5.40. The first-order valence-corrected chi connectivity index (χ1v) is 6.42. The van der Waals surface area contributed by atoms with Gasteiger partial charge in [-0.25, -0.2) is 0 Å². The van der Waals surface area contributed by atoms with E-state index in [2.05, 4.69) is 10.6 Å². The van der Waals surface area contributed by atoms with Gasteiger partial charge in [-0.15, -0.1) is 0 Å². The molecule has 5 nitrogen and oxygen atoms in total. The summed E-state index contributed by atoms with van der Waals surface area (Å²) < 4.78 is 0. The first-order chi connectivity index (χ1) is 9.00. The lowest BCUT2D eigenvalue weighted by Crippen LogP contribution is -2.51. The largest absolute Gasteiger partial charge is 0.352 e. The van der Waals surface area contributed by atoms with E-state index in [1.54, 1.807) is 6.92 Å². The number of amides is 2. The Morgan fingerprint density at radius 3 is 2.74 bits per heavy atom. The number of hydrogen-bond acceptors (Lipinski definition) is 3. The highest BCUT2D eigenvalue weighted by atomic mass is 16.2. The highest BCUT2D eigenvalue weighted by molar-refractivity contribution is 5.87. The van der Waals surface area contributed by atoms with Gasteiger partial charge in [-0.3, -0.25) is 9.59 Å². The van der Waals surface area contributed by atoms with Gasteiger partial charge in [0.2, 0.25) is 11.8 Å². The second-order valence-corrected chi connectivity index (χ2v) is 5.08. The van der Waals surface area contributed by atoms with E-state index in [4.69, 9.17) is 5.73 Å². The summed E-state index contributed by atoms with van der Waals surface area (Å²) in [5.41, 5.74) is 5.80. The summed E-state index contributed by atoms with van der Waals surface area (Å²) in [6.07, 6.45) is 1.28. The van der Waals surface area contributed by atoms with E-state index in [-0.39, 0.29) is 17.9 Å². The Hall–Kier alpha value is -1.88. The van der Waals surface area contributed by atoms with E-state index in [0.717, 1.165) is 12.0 Å². The molecule has 0 aliphatic carbocycles. The number of carbonyl (C=O) groups is 2. The van der Waals surface area contributed by atoms with Gasteiger partial charge in [0.25, 0.3) is 0 Å². The van der Waals surface area contributed by atoms with E-state index >= 15 is 0 Å². The lowest BCUT2D eigenvalue weighted by Gasteiger charge is -2.25. The molecule has 1 saturated heterocycles. The lowest BCUT2D eigenvalue weighted by atomic mass is 9.92. The molecule has 0 bridgehead atoms. The zero-order valence-electron chi connectivity index (χ0n) is 11.0. The van der Waals surface area contributed by atoms with Crippen molar-refractivity contribution in [1.29, 1.82) is 0 Å². The third-order valence-corrected chi connectivity index (χ3v) is 3.44. The lowest BCUT2D eigenvalue weighted by molar-refractivity contribution is -0.126. The summed E-state index contributed by atoms with van der Waals surface area (Å²) in [5, 5.41) is 5.61. The van der Waals surface area contributed by atoms with Gasteiger partial charge in [0.1, 0.15) is 5.54 Å². The Balaban J connectivity index is 1.94. The summed E-state index contributed by atoms with van der Waals surface area (Å²) in [6.45, 7) is 2.11. The number of benzene rings is 1. The van der Waals surface area contributed by atoms with E-state index in [1.807, 2.05) is 30.3 Å². The van der Waals surface area contributed by atoms with E-state index < -0.39 is 5.54 Å². The maximum absolute atomic E-state index is 12.2. The summed E-state index contributed by atoms with van der Waals surface area (Å²) in [7, 11) is 0. The highest BCUT2D eigenvalue weighted by Crippen LogP contribution is 2.17. The molecule has 2 unspecified atom stereocenters. The average molecular weight is 261 g/mol. The molecular formula is C14H19N3O2. The number of nitrogens with two attached hydrogens (primary N) is 1. The fraction of sp³-hybridized carbons (Fsp3) is 0.429. The van der Waals surface area contributed by atoms with Crippen LogP contribution in [-0.2, 0) is 15.1 Å². The van der Waals surface area contributed by atoms with Crippen LogP contribution in [0.1, 0.15) is 25.3 Å². The normalized spacial score (nSPS) is 21.6. The molecule has 2 atom stereocenters. The summed E-state index contributed by atoms with van der Waals surface area (Å²) >= 11 is 0. The van der Waals surface area contributed by atoms with Gasteiger partial charge in [-0.05, 0) is 18.9 Å². The average Bonchev–Trinajstić information content (AvgIpc) is 2.82. The minimum absolute atomic E-state index is 0.0167. The molecule has 0 saturated carbocycles. The van der Waals surface area contributed by atoms with Crippen LogP contribution in [0.15, 0.2) is 30.3 Å². The van der Waals surface area contributed by atoms with Crippen molar-refractivity contribution >= 4 is 11.8 Å². The molecular weight excluding hydrogens is 242 g/mol. The minimum atomic E-state index is -1.07. The zero-order chi connectivity index (χ0) is 13.9. The van der Waals surface area contributed by atoms with Crippen LogP contribution in [0.5, 0.6) is 0 Å². The molecule has 2 rings (SSSR count). The zero-order valence-corrected chi connectivity index (χ0v) is 11.0. The predicted molar refractivity (Wildman–Crippen MR) is 72.2 cm³/mol. The summed E-state index contributed by atoms with van der Waals surface area (Å²) in [4.78, 5) is 23.2. The number of carbonyl (C=O) groups excluding carboxylic acids is 2. The van der Waals surface area contributed by atoms with Gasteiger partial charge < -0.3 is 16.4 Å². The molecule has 0 aromatic heterocycles. The predicted octanol–water partition coefficient (Wildman–Crippen LogP) is 0.255. The topological polar surface area (TPSA) is 84.2 Å². The van der Waals surface area contributed by atoms with E-state index in [0.29, 0.717) is 13.0 Å². The standard InChI is InChI=1S/C14H19N3O2/c1-14(15,10-5-3-2-4-6-10)13(19)16-9-11-7-8-12(18)17-11/h2-6,11H,7-9,15H2,1H3,(H,16,19)(H,17,18). The Morgan fingerprint density at radius 2 is 2.16 bits per heavy atom. The number of hydrogen-bond donors (Lipinski definition) is 3.